The minimum absolute atomic E-state index is 0.252. The van der Waals surface area contributed by atoms with Gasteiger partial charge in [0.1, 0.15) is 0 Å². The molecule has 4 N–H and O–H groups in total. The Morgan fingerprint density at radius 2 is 2.00 bits per heavy atom. The van der Waals surface area contributed by atoms with Crippen molar-refractivity contribution in [3.05, 3.63) is 0 Å². The number of primary amides is 1. The molecule has 1 atom stereocenters. The molecule has 0 aromatic carbocycles. The van der Waals surface area contributed by atoms with Gasteiger partial charge in [0, 0.05) is 6.42 Å². The van der Waals surface area contributed by atoms with Crippen molar-refractivity contribution >= 4 is 17.9 Å². The molecule has 0 saturated carbocycles. The molecule has 0 spiro atoms. The van der Waals surface area contributed by atoms with Gasteiger partial charge in [-0.05, 0) is 0 Å². The van der Waals surface area contributed by atoms with Gasteiger partial charge in [-0.1, -0.05) is 6.92 Å². The van der Waals surface area contributed by atoms with Gasteiger partial charge in [-0.25, -0.2) is 4.79 Å². The second-order valence-corrected chi connectivity index (χ2v) is 2.36. The summed E-state index contributed by atoms with van der Waals surface area (Å²) in [6, 6.07) is -0.974. The first kappa shape index (κ1) is 10.4. The molecule has 0 saturated heterocycles. The van der Waals surface area contributed by atoms with Crippen LogP contribution in [0.4, 0.5) is 4.79 Å². The molecule has 68 valence electrons. The number of hydrogen-bond acceptors (Lipinski definition) is 3. The van der Waals surface area contributed by atoms with Gasteiger partial charge in [-0.2, -0.15) is 0 Å². The van der Waals surface area contributed by atoms with E-state index in [1.165, 1.54) is 6.92 Å². The summed E-state index contributed by atoms with van der Waals surface area (Å²) in [5.74, 6) is -2.59. The van der Waals surface area contributed by atoms with Gasteiger partial charge in [0.15, 0.2) is 0 Å². The van der Waals surface area contributed by atoms with Crippen molar-refractivity contribution in [3.8, 4) is 0 Å². The zero-order chi connectivity index (χ0) is 9.72. The first-order chi connectivity index (χ1) is 5.43. The van der Waals surface area contributed by atoms with Crippen LogP contribution in [0.1, 0.15) is 13.3 Å². The van der Waals surface area contributed by atoms with E-state index in [9.17, 15) is 14.4 Å². The number of urea groups is 1. The van der Waals surface area contributed by atoms with E-state index in [-0.39, 0.29) is 6.42 Å². The highest BCUT2D eigenvalue weighted by atomic mass is 16.4. The predicted molar refractivity (Wildman–Crippen MR) is 39.1 cm³/mol. The Kier molecular flexibility index (Phi) is 3.75. The second kappa shape index (κ2) is 4.32. The molecule has 6 nitrogen and oxygen atoms in total. The molecule has 0 heterocycles. The lowest BCUT2D eigenvalue weighted by Crippen LogP contribution is -2.36. The van der Waals surface area contributed by atoms with Crippen LogP contribution in [0.25, 0.3) is 0 Å². The SMILES string of the molecule is CC(CC(=O)NC(N)=O)C(=O)O. The molecule has 3 amide bonds. The van der Waals surface area contributed by atoms with E-state index in [4.69, 9.17) is 5.11 Å². The van der Waals surface area contributed by atoms with Crippen LogP contribution in [0.15, 0.2) is 0 Å². The van der Waals surface area contributed by atoms with Crippen molar-refractivity contribution in [3.63, 3.8) is 0 Å². The Hall–Kier alpha value is -1.59. The largest absolute Gasteiger partial charge is 0.481 e. The maximum atomic E-state index is 10.7. The Morgan fingerprint density at radius 1 is 1.50 bits per heavy atom. The summed E-state index contributed by atoms with van der Waals surface area (Å²) in [5, 5.41) is 10.1. The van der Waals surface area contributed by atoms with Crippen molar-refractivity contribution in [2.75, 3.05) is 0 Å². The summed E-state index contributed by atoms with van der Waals surface area (Å²) >= 11 is 0. The number of carbonyl (C=O) groups is 3. The average molecular weight is 174 g/mol. The van der Waals surface area contributed by atoms with Crippen molar-refractivity contribution < 1.29 is 19.5 Å². The van der Waals surface area contributed by atoms with Gasteiger partial charge in [0.25, 0.3) is 0 Å². The van der Waals surface area contributed by atoms with Crippen molar-refractivity contribution in [1.29, 1.82) is 0 Å². The number of imide groups is 1. The summed E-state index contributed by atoms with van der Waals surface area (Å²) < 4.78 is 0. The monoisotopic (exact) mass is 174 g/mol. The van der Waals surface area contributed by atoms with Gasteiger partial charge in [0.05, 0.1) is 5.92 Å². The molecule has 0 aromatic rings. The zero-order valence-electron chi connectivity index (χ0n) is 6.53. The number of carboxylic acid groups (broad SMARTS) is 1. The third-order valence-corrected chi connectivity index (χ3v) is 1.18. The van der Waals surface area contributed by atoms with Crippen LogP contribution in [-0.2, 0) is 9.59 Å². The van der Waals surface area contributed by atoms with Crippen LogP contribution < -0.4 is 11.1 Å². The maximum Gasteiger partial charge on any atom is 0.318 e. The van der Waals surface area contributed by atoms with Crippen molar-refractivity contribution in [2.24, 2.45) is 11.7 Å². The Balaban J connectivity index is 3.85. The lowest BCUT2D eigenvalue weighted by molar-refractivity contribution is -0.143. The summed E-state index contributed by atoms with van der Waals surface area (Å²) in [6.07, 6.45) is -0.252. The summed E-state index contributed by atoms with van der Waals surface area (Å²) in [7, 11) is 0. The average Bonchev–Trinajstić information content (AvgIpc) is 1.84. The fourth-order valence-electron chi connectivity index (χ4n) is 0.554. The number of carboxylic acids is 1. The molecule has 12 heavy (non-hydrogen) atoms. The third-order valence-electron chi connectivity index (χ3n) is 1.18. The smallest absolute Gasteiger partial charge is 0.318 e. The summed E-state index contributed by atoms with van der Waals surface area (Å²) in [6.45, 7) is 1.36. The number of aliphatic carboxylic acids is 1. The van der Waals surface area contributed by atoms with Gasteiger partial charge >= 0.3 is 12.0 Å². The molecule has 0 aromatic heterocycles. The van der Waals surface area contributed by atoms with E-state index in [0.717, 1.165) is 0 Å². The molecule has 0 aliphatic heterocycles. The first-order valence-corrected chi connectivity index (χ1v) is 3.25. The summed E-state index contributed by atoms with van der Waals surface area (Å²) in [4.78, 5) is 31.0. The Morgan fingerprint density at radius 3 is 2.33 bits per heavy atom. The molecule has 0 bridgehead atoms. The lowest BCUT2D eigenvalue weighted by atomic mass is 10.1. The van der Waals surface area contributed by atoms with Crippen LogP contribution in [0, 0.1) is 5.92 Å². The molecule has 0 aliphatic carbocycles. The van der Waals surface area contributed by atoms with E-state index < -0.39 is 23.8 Å². The highest BCUT2D eigenvalue weighted by Crippen LogP contribution is 2.00. The maximum absolute atomic E-state index is 10.7. The van der Waals surface area contributed by atoms with E-state index >= 15 is 0 Å². The van der Waals surface area contributed by atoms with Crippen LogP contribution in [0.3, 0.4) is 0 Å². The van der Waals surface area contributed by atoms with Crippen LogP contribution in [-0.4, -0.2) is 23.0 Å². The molecule has 6 heteroatoms. The number of hydrogen-bond donors (Lipinski definition) is 3. The van der Waals surface area contributed by atoms with Gasteiger partial charge in [-0.15, -0.1) is 0 Å². The Bertz CT molecular complexity index is 214. The fourth-order valence-corrected chi connectivity index (χ4v) is 0.554. The predicted octanol–water partition coefficient (Wildman–Crippen LogP) is -0.708. The Labute approximate surface area is 68.7 Å². The van der Waals surface area contributed by atoms with Gasteiger partial charge < -0.3 is 10.8 Å². The quantitative estimate of drug-likeness (QED) is 0.525. The number of carbonyl (C=O) groups excluding carboxylic acids is 2. The molecule has 0 fully saturated rings. The highest BCUT2D eigenvalue weighted by molar-refractivity contribution is 5.94. The van der Waals surface area contributed by atoms with Gasteiger partial charge in [0.2, 0.25) is 5.91 Å². The van der Waals surface area contributed by atoms with Gasteiger partial charge in [-0.3, -0.25) is 14.9 Å². The number of nitrogens with two attached hydrogens (primary N) is 1. The molecule has 0 aliphatic rings. The minimum atomic E-state index is -1.09. The van der Waals surface area contributed by atoms with E-state index in [1.54, 1.807) is 5.32 Å². The normalized spacial score (nSPS) is 11.8. The molecule has 1 unspecified atom stereocenters. The number of nitrogens with one attached hydrogen (secondary N) is 1. The number of amides is 3. The van der Waals surface area contributed by atoms with Crippen LogP contribution in [0.5, 0.6) is 0 Å². The van der Waals surface area contributed by atoms with E-state index in [0.29, 0.717) is 0 Å². The molecular weight excluding hydrogens is 164 g/mol. The highest BCUT2D eigenvalue weighted by Gasteiger charge is 2.16. The minimum Gasteiger partial charge on any atom is -0.481 e. The van der Waals surface area contributed by atoms with Crippen LogP contribution in [0.2, 0.25) is 0 Å². The standard InChI is InChI=1S/C6H10N2O4/c1-3(5(10)11)2-4(9)8-6(7)12/h3H,2H2,1H3,(H,10,11)(H3,7,8,9,12). The van der Waals surface area contributed by atoms with Crippen molar-refractivity contribution in [1.82, 2.24) is 5.32 Å². The lowest BCUT2D eigenvalue weighted by Gasteiger charge is -2.03. The molecular formula is C6H10N2O4. The third kappa shape index (κ3) is 4.26. The zero-order valence-corrected chi connectivity index (χ0v) is 6.53. The second-order valence-electron chi connectivity index (χ2n) is 2.36. The van der Waals surface area contributed by atoms with Crippen molar-refractivity contribution in [2.45, 2.75) is 13.3 Å². The molecule has 0 radical (unpaired) electrons. The topological polar surface area (TPSA) is 109 Å². The number of rotatable bonds is 3. The first-order valence-electron chi connectivity index (χ1n) is 3.25. The molecule has 0 rings (SSSR count). The van der Waals surface area contributed by atoms with Crippen LogP contribution >= 0.6 is 0 Å². The van der Waals surface area contributed by atoms with E-state index in [2.05, 4.69) is 5.73 Å². The fraction of sp³-hybridized carbons (Fsp3) is 0.500. The summed E-state index contributed by atoms with van der Waals surface area (Å²) in [5.41, 5.74) is 4.63. The van der Waals surface area contributed by atoms with E-state index in [1.807, 2.05) is 0 Å².